The summed E-state index contributed by atoms with van der Waals surface area (Å²) in [6.45, 7) is 5.56. The Kier molecular flexibility index (Phi) is 10.3. The highest BCUT2D eigenvalue weighted by atomic mass is 32.2. The van der Waals surface area contributed by atoms with Crippen molar-refractivity contribution in [3.8, 4) is 0 Å². The van der Waals surface area contributed by atoms with Crippen molar-refractivity contribution in [2.45, 2.75) is 120 Å². The van der Waals surface area contributed by atoms with E-state index in [1.807, 2.05) is 54.6 Å². The van der Waals surface area contributed by atoms with E-state index in [1.165, 1.54) is 4.90 Å². The number of rotatable bonds is 7. The Hall–Kier alpha value is -3.97. The third-order valence-electron chi connectivity index (χ3n) is 9.89. The van der Waals surface area contributed by atoms with E-state index < -0.39 is 74.3 Å². The molecule has 0 bridgehead atoms. The van der Waals surface area contributed by atoms with Gasteiger partial charge in [-0.25, -0.2) is 13.2 Å². The van der Waals surface area contributed by atoms with Gasteiger partial charge in [-0.1, -0.05) is 67.5 Å². The summed E-state index contributed by atoms with van der Waals surface area (Å²) in [5, 5.41) is 7.14. The number of sulfonamides is 1. The van der Waals surface area contributed by atoms with Crippen LogP contribution >= 0.6 is 0 Å². The van der Waals surface area contributed by atoms with Gasteiger partial charge in [-0.3, -0.25) is 19.1 Å². The third kappa shape index (κ3) is 8.31. The van der Waals surface area contributed by atoms with E-state index in [4.69, 9.17) is 9.47 Å². The van der Waals surface area contributed by atoms with Crippen molar-refractivity contribution < 1.29 is 37.1 Å². The molecule has 3 N–H and O–H groups in total. The Labute approximate surface area is 293 Å². The van der Waals surface area contributed by atoms with Crippen LogP contribution in [0.15, 0.2) is 54.6 Å². The van der Waals surface area contributed by atoms with Crippen LogP contribution < -0.4 is 15.4 Å². The van der Waals surface area contributed by atoms with Crippen LogP contribution in [-0.2, 0) is 40.5 Å². The second kappa shape index (κ2) is 14.3. The van der Waals surface area contributed by atoms with E-state index in [1.54, 1.807) is 20.8 Å². The molecule has 13 heteroatoms. The SMILES string of the molecule is CC(C)(C)OC(=O)N[C@H]1CCCCC/C=C\[C@@H]2C[C@@]2(C(=O)NS(=O)(=O)C2CC2)NC(=O)[C@@H]2C[C@@H](OCc3cccc4ccccc34)CN2C1=O. The number of alkyl carbamates (subject to hydrolysis) is 1. The normalized spacial score (nSPS) is 28.3. The molecule has 4 aliphatic rings. The maximum atomic E-state index is 14.3. The van der Waals surface area contributed by atoms with Crippen molar-refractivity contribution in [1.29, 1.82) is 0 Å². The monoisotopic (exact) mass is 708 g/mol. The summed E-state index contributed by atoms with van der Waals surface area (Å²) in [5.41, 5.74) is -1.27. The molecular formula is C37H48N4O8S. The molecule has 0 spiro atoms. The largest absolute Gasteiger partial charge is 0.444 e. The zero-order valence-electron chi connectivity index (χ0n) is 29.0. The zero-order chi connectivity index (χ0) is 35.7. The van der Waals surface area contributed by atoms with Crippen molar-refractivity contribution in [2.75, 3.05) is 6.54 Å². The summed E-state index contributed by atoms with van der Waals surface area (Å²) in [5.74, 6) is -2.17. The van der Waals surface area contributed by atoms with Gasteiger partial charge in [0.25, 0.3) is 5.91 Å². The molecule has 1 saturated heterocycles. The highest BCUT2D eigenvalue weighted by molar-refractivity contribution is 7.91. The molecule has 0 unspecified atom stereocenters. The van der Waals surface area contributed by atoms with Gasteiger partial charge in [-0.15, -0.1) is 0 Å². The topological polar surface area (TPSA) is 160 Å². The van der Waals surface area contributed by atoms with Gasteiger partial charge in [-0.05, 0) is 75.6 Å². The lowest BCUT2D eigenvalue weighted by molar-refractivity contribution is -0.141. The van der Waals surface area contributed by atoms with Crippen molar-refractivity contribution in [1.82, 2.24) is 20.3 Å². The molecule has 3 fully saturated rings. The number of nitrogens with one attached hydrogen (secondary N) is 3. The first-order valence-corrected chi connectivity index (χ1v) is 19.2. The number of ether oxygens (including phenoxy) is 2. The second-order valence-electron chi connectivity index (χ2n) is 15.0. The fraction of sp³-hybridized carbons (Fsp3) is 0.568. The Morgan fingerprint density at radius 2 is 1.78 bits per heavy atom. The van der Waals surface area contributed by atoms with Crippen LogP contribution in [0.3, 0.4) is 0 Å². The average molecular weight is 709 g/mol. The molecule has 2 heterocycles. The number of hydrogen-bond acceptors (Lipinski definition) is 8. The van der Waals surface area contributed by atoms with E-state index in [0.717, 1.165) is 29.2 Å². The standard InChI is InChI=1S/C37H48N4O8S/c1-36(2,3)49-35(45)38-30-17-8-6-4-5-7-15-26-21-37(26,34(44)40-50(46,47)28-18-19-28)39-32(42)31-20-27(22-41(31)33(30)43)48-23-25-14-11-13-24-12-9-10-16-29(24)25/h7,9-16,26-28,30-31H,4-6,8,17-23H2,1-3H3,(H,38,45)(H,39,42)(H,40,44)/b15-7-/t26-,27-,30+,31+,37-/m1/s1. The maximum Gasteiger partial charge on any atom is 0.408 e. The van der Waals surface area contributed by atoms with Gasteiger partial charge in [0.1, 0.15) is 23.2 Å². The zero-order valence-corrected chi connectivity index (χ0v) is 29.8. The van der Waals surface area contributed by atoms with E-state index in [2.05, 4.69) is 15.4 Å². The Bertz CT molecular complexity index is 1760. The molecule has 50 heavy (non-hydrogen) atoms. The van der Waals surface area contributed by atoms with Gasteiger partial charge < -0.3 is 25.0 Å². The number of amides is 4. The Balaban J connectivity index is 1.27. The van der Waals surface area contributed by atoms with E-state index >= 15 is 0 Å². The smallest absolute Gasteiger partial charge is 0.408 e. The summed E-state index contributed by atoms with van der Waals surface area (Å²) >= 11 is 0. The minimum Gasteiger partial charge on any atom is -0.444 e. The van der Waals surface area contributed by atoms with Crippen molar-refractivity contribution in [3.63, 3.8) is 0 Å². The highest BCUT2D eigenvalue weighted by Crippen LogP contribution is 2.46. The van der Waals surface area contributed by atoms with Crippen LogP contribution in [0, 0.1) is 5.92 Å². The number of benzene rings is 2. The number of hydrogen-bond donors (Lipinski definition) is 3. The second-order valence-corrected chi connectivity index (χ2v) is 17.0. The predicted octanol–water partition coefficient (Wildman–Crippen LogP) is 4.22. The van der Waals surface area contributed by atoms with E-state index in [9.17, 15) is 27.6 Å². The van der Waals surface area contributed by atoms with Gasteiger partial charge in [0.15, 0.2) is 0 Å². The summed E-state index contributed by atoms with van der Waals surface area (Å²) < 4.78 is 39.6. The van der Waals surface area contributed by atoms with Crippen LogP contribution in [-0.4, -0.2) is 78.3 Å². The highest BCUT2D eigenvalue weighted by Gasteiger charge is 2.62. The molecule has 270 valence electrons. The van der Waals surface area contributed by atoms with Gasteiger partial charge in [-0.2, -0.15) is 0 Å². The average Bonchev–Trinajstić information content (AvgIpc) is 3.98. The van der Waals surface area contributed by atoms with Crippen LogP contribution in [0.2, 0.25) is 0 Å². The molecular weight excluding hydrogens is 660 g/mol. The Morgan fingerprint density at radius 3 is 2.54 bits per heavy atom. The predicted molar refractivity (Wildman–Crippen MR) is 187 cm³/mol. The summed E-state index contributed by atoms with van der Waals surface area (Å²) in [6, 6.07) is 12.0. The van der Waals surface area contributed by atoms with Crippen molar-refractivity contribution >= 4 is 44.6 Å². The number of allylic oxidation sites excluding steroid dienone is 1. The molecule has 2 aliphatic heterocycles. The lowest BCUT2D eigenvalue weighted by atomic mass is 10.0. The van der Waals surface area contributed by atoms with Crippen LogP contribution in [0.1, 0.15) is 84.1 Å². The minimum atomic E-state index is -3.86. The van der Waals surface area contributed by atoms with Crippen LogP contribution in [0.5, 0.6) is 0 Å². The minimum absolute atomic E-state index is 0.0901. The summed E-state index contributed by atoms with van der Waals surface area (Å²) in [6.07, 6.45) is 7.28. The third-order valence-corrected chi connectivity index (χ3v) is 11.7. The lowest BCUT2D eigenvalue weighted by Gasteiger charge is -2.30. The Morgan fingerprint density at radius 1 is 1.02 bits per heavy atom. The molecule has 2 aromatic carbocycles. The molecule has 0 aromatic heterocycles. The van der Waals surface area contributed by atoms with Gasteiger partial charge in [0.05, 0.1) is 18.0 Å². The molecule has 12 nitrogen and oxygen atoms in total. The molecule has 6 rings (SSSR count). The molecule has 2 aromatic rings. The van der Waals surface area contributed by atoms with Gasteiger partial charge in [0.2, 0.25) is 21.8 Å². The molecule has 5 atom stereocenters. The van der Waals surface area contributed by atoms with E-state index in [-0.39, 0.29) is 26.0 Å². The summed E-state index contributed by atoms with van der Waals surface area (Å²) in [7, 11) is -3.86. The maximum absolute atomic E-state index is 14.3. The van der Waals surface area contributed by atoms with Crippen LogP contribution in [0.4, 0.5) is 4.79 Å². The first kappa shape index (κ1) is 35.8. The molecule has 0 radical (unpaired) electrons. The first-order chi connectivity index (χ1) is 23.8. The number of carbonyl (C=O) groups is 4. The number of nitrogens with zero attached hydrogens (tertiary/aromatic N) is 1. The fourth-order valence-corrected chi connectivity index (χ4v) is 8.32. The van der Waals surface area contributed by atoms with Crippen molar-refractivity contribution in [2.24, 2.45) is 5.92 Å². The number of fused-ring (bicyclic) bond motifs is 3. The number of carbonyl (C=O) groups excluding carboxylic acids is 4. The quantitative estimate of drug-likeness (QED) is 0.361. The molecule has 4 amide bonds. The first-order valence-electron chi connectivity index (χ1n) is 17.7. The van der Waals surface area contributed by atoms with E-state index in [0.29, 0.717) is 32.1 Å². The van der Waals surface area contributed by atoms with Gasteiger partial charge in [0, 0.05) is 18.9 Å². The van der Waals surface area contributed by atoms with Crippen molar-refractivity contribution in [3.05, 3.63) is 60.2 Å². The fourth-order valence-electron chi connectivity index (χ4n) is 6.96. The lowest BCUT2D eigenvalue weighted by Crippen LogP contribution is -2.58. The molecule has 2 aliphatic carbocycles. The van der Waals surface area contributed by atoms with Gasteiger partial charge >= 0.3 is 6.09 Å². The van der Waals surface area contributed by atoms with Crippen LogP contribution in [0.25, 0.3) is 10.8 Å². The summed E-state index contributed by atoms with van der Waals surface area (Å²) in [4.78, 5) is 56.5. The molecule has 2 saturated carbocycles.